The number of aliphatic imine (C=N–C) groups is 1. The third kappa shape index (κ3) is 3.13. The molecule has 2 rings (SSSR count). The number of nitrogens with one attached hydrogen (secondary N) is 1. The first-order chi connectivity index (χ1) is 7.18. The van der Waals surface area contributed by atoms with Gasteiger partial charge in [0.25, 0.3) is 0 Å². The van der Waals surface area contributed by atoms with Crippen LogP contribution in [0.1, 0.15) is 46.0 Å². The first kappa shape index (κ1) is 11.3. The van der Waals surface area contributed by atoms with Crippen LogP contribution in [-0.2, 0) is 0 Å². The Morgan fingerprint density at radius 3 is 2.67 bits per heavy atom. The predicted molar refractivity (Wildman–Crippen MR) is 68.5 cm³/mol. The fraction of sp³-hybridized carbons (Fsp3) is 0.917. The van der Waals surface area contributed by atoms with Gasteiger partial charge in [0.2, 0.25) is 0 Å². The highest BCUT2D eigenvalue weighted by atomic mass is 32.2. The Balaban J connectivity index is 1.90. The fourth-order valence-corrected chi connectivity index (χ4v) is 3.38. The van der Waals surface area contributed by atoms with Crippen molar-refractivity contribution in [2.45, 2.75) is 51.5 Å². The Bertz CT molecular complexity index is 244. The van der Waals surface area contributed by atoms with Crippen LogP contribution in [-0.4, -0.2) is 23.0 Å². The number of rotatable bonds is 1. The molecule has 2 nitrogen and oxygen atoms in total. The molecule has 15 heavy (non-hydrogen) atoms. The third-order valence-electron chi connectivity index (χ3n) is 3.42. The van der Waals surface area contributed by atoms with Gasteiger partial charge in [-0.2, -0.15) is 0 Å². The van der Waals surface area contributed by atoms with E-state index in [4.69, 9.17) is 0 Å². The molecule has 1 heterocycles. The molecule has 0 spiro atoms. The maximum atomic E-state index is 4.62. The molecule has 1 N–H and O–H groups in total. The molecular weight excluding hydrogens is 204 g/mol. The van der Waals surface area contributed by atoms with E-state index in [0.717, 1.165) is 12.5 Å². The molecule has 0 bridgehead atoms. The predicted octanol–water partition coefficient (Wildman–Crippen LogP) is 3.04. The lowest BCUT2D eigenvalue weighted by Gasteiger charge is -2.36. The Kier molecular flexibility index (Phi) is 3.60. The summed E-state index contributed by atoms with van der Waals surface area (Å²) in [7, 11) is 0. The van der Waals surface area contributed by atoms with Crippen molar-refractivity contribution in [3.63, 3.8) is 0 Å². The lowest BCUT2D eigenvalue weighted by atomic mass is 9.83. The van der Waals surface area contributed by atoms with Gasteiger partial charge in [0.15, 0.2) is 5.17 Å². The minimum Gasteiger partial charge on any atom is -0.360 e. The van der Waals surface area contributed by atoms with Gasteiger partial charge in [0.1, 0.15) is 0 Å². The summed E-state index contributed by atoms with van der Waals surface area (Å²) >= 11 is 1.90. The maximum Gasteiger partial charge on any atom is 0.156 e. The number of hydrogen-bond acceptors (Lipinski definition) is 3. The van der Waals surface area contributed by atoms with Crippen molar-refractivity contribution in [2.24, 2.45) is 10.9 Å². The summed E-state index contributed by atoms with van der Waals surface area (Å²) in [6, 6.07) is 0. The van der Waals surface area contributed by atoms with Crippen LogP contribution < -0.4 is 5.32 Å². The van der Waals surface area contributed by atoms with Gasteiger partial charge in [0, 0.05) is 17.8 Å². The van der Waals surface area contributed by atoms with E-state index in [1.165, 1.54) is 43.0 Å². The molecule has 0 amide bonds. The second-order valence-corrected chi connectivity index (χ2v) is 6.32. The molecule has 1 aliphatic heterocycles. The van der Waals surface area contributed by atoms with Crippen molar-refractivity contribution in [3.8, 4) is 0 Å². The summed E-state index contributed by atoms with van der Waals surface area (Å²) in [5.41, 5.74) is 0.324. The van der Waals surface area contributed by atoms with E-state index in [-0.39, 0.29) is 0 Å². The van der Waals surface area contributed by atoms with Crippen molar-refractivity contribution < 1.29 is 0 Å². The summed E-state index contributed by atoms with van der Waals surface area (Å²) in [5, 5.41) is 4.86. The van der Waals surface area contributed by atoms with Gasteiger partial charge in [-0.25, -0.2) is 0 Å². The van der Waals surface area contributed by atoms with Crippen LogP contribution in [0.15, 0.2) is 4.99 Å². The Labute approximate surface area is 97.3 Å². The maximum absolute atomic E-state index is 4.62. The minimum atomic E-state index is 0.324. The molecule has 0 aromatic rings. The highest BCUT2D eigenvalue weighted by molar-refractivity contribution is 8.13. The third-order valence-corrected chi connectivity index (χ3v) is 4.66. The van der Waals surface area contributed by atoms with E-state index in [9.17, 15) is 0 Å². The number of nitrogens with zero attached hydrogens (tertiary/aromatic N) is 1. The van der Waals surface area contributed by atoms with Crippen molar-refractivity contribution in [2.75, 3.05) is 12.3 Å². The average molecular weight is 226 g/mol. The van der Waals surface area contributed by atoms with E-state index in [0.29, 0.717) is 5.54 Å². The number of thioether (sulfide) groups is 1. The van der Waals surface area contributed by atoms with Gasteiger partial charge < -0.3 is 5.32 Å². The van der Waals surface area contributed by atoms with E-state index >= 15 is 0 Å². The molecule has 1 unspecified atom stereocenters. The zero-order valence-electron chi connectivity index (χ0n) is 9.88. The Hall–Kier alpha value is -0.180. The molecule has 1 aliphatic carbocycles. The molecule has 0 aromatic heterocycles. The molecule has 3 heteroatoms. The molecular formula is C12H22N2S. The van der Waals surface area contributed by atoms with E-state index in [1.54, 1.807) is 0 Å². The van der Waals surface area contributed by atoms with Gasteiger partial charge in [-0.3, -0.25) is 4.99 Å². The largest absolute Gasteiger partial charge is 0.360 e. The van der Waals surface area contributed by atoms with Crippen LogP contribution in [0.25, 0.3) is 0 Å². The van der Waals surface area contributed by atoms with E-state index < -0.39 is 0 Å². The summed E-state index contributed by atoms with van der Waals surface area (Å²) in [6.07, 6.45) is 6.77. The first-order valence-corrected chi connectivity index (χ1v) is 7.12. The summed E-state index contributed by atoms with van der Waals surface area (Å²) in [5.74, 6) is 1.97. The molecule has 1 fully saturated rings. The molecule has 2 aliphatic rings. The fourth-order valence-electron chi connectivity index (χ4n) is 2.35. The average Bonchev–Trinajstić information content (AvgIpc) is 2.22. The summed E-state index contributed by atoms with van der Waals surface area (Å²) < 4.78 is 0. The second-order valence-electron chi connectivity index (χ2n) is 5.31. The number of hydrogen-bond donors (Lipinski definition) is 1. The smallest absolute Gasteiger partial charge is 0.156 e. The highest BCUT2D eigenvalue weighted by Crippen LogP contribution is 2.29. The summed E-state index contributed by atoms with van der Waals surface area (Å²) in [6.45, 7) is 5.63. The van der Waals surface area contributed by atoms with Crippen molar-refractivity contribution in [1.82, 2.24) is 5.32 Å². The summed E-state index contributed by atoms with van der Waals surface area (Å²) in [4.78, 5) is 4.62. The quantitative estimate of drug-likeness (QED) is 0.743. The lowest BCUT2D eigenvalue weighted by Crippen LogP contribution is -2.47. The van der Waals surface area contributed by atoms with E-state index in [2.05, 4.69) is 24.2 Å². The Morgan fingerprint density at radius 2 is 2.07 bits per heavy atom. The molecule has 0 aromatic carbocycles. The van der Waals surface area contributed by atoms with Crippen LogP contribution >= 0.6 is 11.8 Å². The van der Waals surface area contributed by atoms with Crippen LogP contribution in [0.4, 0.5) is 0 Å². The van der Waals surface area contributed by atoms with Crippen LogP contribution in [0.5, 0.6) is 0 Å². The van der Waals surface area contributed by atoms with Gasteiger partial charge in [-0.1, -0.05) is 37.9 Å². The van der Waals surface area contributed by atoms with Crippen molar-refractivity contribution in [3.05, 3.63) is 0 Å². The van der Waals surface area contributed by atoms with E-state index in [1.807, 2.05) is 11.8 Å². The zero-order valence-corrected chi connectivity index (χ0v) is 10.7. The standard InChI is InChI=1S/C12H22N2S/c1-10-8-13-11(15-9-10)14-12(2)6-4-3-5-7-12/h10H,3-9H2,1-2H3,(H,13,14). The van der Waals surface area contributed by atoms with Gasteiger partial charge in [0.05, 0.1) is 0 Å². The van der Waals surface area contributed by atoms with Crippen molar-refractivity contribution >= 4 is 16.9 Å². The molecule has 0 saturated heterocycles. The van der Waals surface area contributed by atoms with Gasteiger partial charge in [-0.05, 0) is 25.7 Å². The minimum absolute atomic E-state index is 0.324. The monoisotopic (exact) mass is 226 g/mol. The Morgan fingerprint density at radius 1 is 1.33 bits per heavy atom. The topological polar surface area (TPSA) is 24.4 Å². The molecule has 86 valence electrons. The second kappa shape index (κ2) is 4.77. The molecule has 1 saturated carbocycles. The van der Waals surface area contributed by atoms with Crippen LogP contribution in [0.3, 0.4) is 0 Å². The number of amidine groups is 1. The van der Waals surface area contributed by atoms with Crippen molar-refractivity contribution in [1.29, 1.82) is 0 Å². The zero-order chi connectivity index (χ0) is 10.7. The van der Waals surface area contributed by atoms with Gasteiger partial charge >= 0.3 is 0 Å². The lowest BCUT2D eigenvalue weighted by molar-refractivity contribution is 0.292. The molecule has 1 atom stereocenters. The van der Waals surface area contributed by atoms with Crippen LogP contribution in [0.2, 0.25) is 0 Å². The van der Waals surface area contributed by atoms with Gasteiger partial charge in [-0.15, -0.1) is 0 Å². The highest BCUT2D eigenvalue weighted by Gasteiger charge is 2.28. The first-order valence-electron chi connectivity index (χ1n) is 6.13. The molecule has 0 radical (unpaired) electrons. The normalized spacial score (nSPS) is 30.8. The van der Waals surface area contributed by atoms with Crippen LogP contribution in [0, 0.1) is 5.92 Å². The SMILES string of the molecule is CC1CN=C(NC2(C)CCCCC2)SC1.